The fourth-order valence-electron chi connectivity index (χ4n) is 4.11. The third-order valence-electron chi connectivity index (χ3n) is 6.58. The molecule has 0 fully saturated rings. The van der Waals surface area contributed by atoms with Gasteiger partial charge in [-0.25, -0.2) is 0 Å². The van der Waals surface area contributed by atoms with Crippen LogP contribution in [0.15, 0.2) is 118 Å². The van der Waals surface area contributed by atoms with Gasteiger partial charge in [0.15, 0.2) is 0 Å². The van der Waals surface area contributed by atoms with E-state index in [1.54, 1.807) is 48.5 Å². The van der Waals surface area contributed by atoms with Gasteiger partial charge in [0.2, 0.25) is 0 Å². The lowest BCUT2D eigenvalue weighted by Crippen LogP contribution is -2.08. The molecule has 0 radical (unpaired) electrons. The number of rotatable bonds is 16. The maximum atomic E-state index is 12.2. The molecule has 0 heterocycles. The minimum atomic E-state index is -0.487. The Bertz CT molecular complexity index is 1590. The molecule has 14 nitrogen and oxygen atoms in total. The zero-order chi connectivity index (χ0) is 33.4. The highest BCUT2D eigenvalue weighted by Crippen LogP contribution is 2.25. The highest BCUT2D eigenvalue weighted by atomic mass is 16.6. The van der Waals surface area contributed by atoms with Crippen molar-refractivity contribution in [2.45, 2.75) is 44.9 Å². The van der Waals surface area contributed by atoms with Gasteiger partial charge in [-0.1, -0.05) is 19.3 Å². The van der Waals surface area contributed by atoms with Crippen molar-refractivity contribution in [1.29, 1.82) is 0 Å². The molecule has 0 N–H and O–H groups in total. The molecule has 0 aromatic heterocycles. The molecule has 240 valence electrons. The Labute approximate surface area is 269 Å². The van der Waals surface area contributed by atoms with Crippen molar-refractivity contribution in [2.24, 2.45) is 20.5 Å². The van der Waals surface area contributed by atoms with Crippen LogP contribution in [-0.2, 0) is 9.59 Å². The van der Waals surface area contributed by atoms with Gasteiger partial charge in [-0.3, -0.25) is 29.8 Å². The molecule has 4 aromatic rings. The van der Waals surface area contributed by atoms with Crippen molar-refractivity contribution in [2.75, 3.05) is 0 Å². The van der Waals surface area contributed by atoms with Gasteiger partial charge in [0, 0.05) is 37.1 Å². The highest BCUT2D eigenvalue weighted by Gasteiger charge is 2.08. The Morgan fingerprint density at radius 2 is 0.745 bits per heavy atom. The van der Waals surface area contributed by atoms with Crippen molar-refractivity contribution in [1.82, 2.24) is 0 Å². The third kappa shape index (κ3) is 11.7. The molecular weight excluding hydrogens is 608 g/mol. The van der Waals surface area contributed by atoms with Crippen LogP contribution in [0.4, 0.5) is 34.1 Å². The van der Waals surface area contributed by atoms with Crippen LogP contribution >= 0.6 is 0 Å². The number of carbonyl (C=O) groups excluding carboxylic acids is 2. The predicted octanol–water partition coefficient (Wildman–Crippen LogP) is 9.58. The molecule has 4 aromatic carbocycles. The van der Waals surface area contributed by atoms with Crippen LogP contribution in [0.2, 0.25) is 0 Å². The molecule has 0 spiro atoms. The lowest BCUT2D eigenvalue weighted by Gasteiger charge is -2.05. The van der Waals surface area contributed by atoms with E-state index in [9.17, 15) is 29.8 Å². The molecule has 0 atom stereocenters. The van der Waals surface area contributed by atoms with Crippen LogP contribution in [0.5, 0.6) is 11.5 Å². The Morgan fingerprint density at radius 3 is 1.04 bits per heavy atom. The fraction of sp³-hybridized carbons (Fsp3) is 0.212. The Kier molecular flexibility index (Phi) is 12.4. The molecule has 4 rings (SSSR count). The first-order valence-electron chi connectivity index (χ1n) is 14.7. The van der Waals surface area contributed by atoms with Gasteiger partial charge >= 0.3 is 11.9 Å². The van der Waals surface area contributed by atoms with Crippen LogP contribution in [0.3, 0.4) is 0 Å². The zero-order valence-corrected chi connectivity index (χ0v) is 25.1. The van der Waals surface area contributed by atoms with E-state index < -0.39 is 9.85 Å². The number of nitro groups is 2. The number of non-ortho nitro benzene ring substituents is 2. The number of ether oxygens (including phenoxy) is 2. The smallest absolute Gasteiger partial charge is 0.311 e. The second-order valence-corrected chi connectivity index (χ2v) is 10.2. The number of carbonyl (C=O) groups is 2. The second kappa shape index (κ2) is 17.3. The topological polar surface area (TPSA) is 188 Å². The summed E-state index contributed by atoms with van der Waals surface area (Å²) in [5.74, 6) is 0.105. The van der Waals surface area contributed by atoms with E-state index in [0.29, 0.717) is 47.1 Å². The molecule has 0 aliphatic rings. The molecule has 0 unspecified atom stereocenters. The largest absolute Gasteiger partial charge is 0.427 e. The molecule has 0 aliphatic heterocycles. The van der Waals surface area contributed by atoms with Gasteiger partial charge in [0.25, 0.3) is 11.4 Å². The second-order valence-electron chi connectivity index (χ2n) is 10.2. The van der Waals surface area contributed by atoms with E-state index in [4.69, 9.17) is 9.47 Å². The lowest BCUT2D eigenvalue weighted by atomic mass is 10.1. The molecule has 0 bridgehead atoms. The molecule has 0 saturated carbocycles. The zero-order valence-electron chi connectivity index (χ0n) is 25.1. The van der Waals surface area contributed by atoms with E-state index in [2.05, 4.69) is 20.5 Å². The van der Waals surface area contributed by atoms with Gasteiger partial charge in [-0.05, 0) is 85.6 Å². The highest BCUT2D eigenvalue weighted by molar-refractivity contribution is 5.73. The minimum Gasteiger partial charge on any atom is -0.427 e. The number of benzene rings is 4. The van der Waals surface area contributed by atoms with Gasteiger partial charge < -0.3 is 9.47 Å². The summed E-state index contributed by atoms with van der Waals surface area (Å²) in [5.41, 5.74) is 1.95. The van der Waals surface area contributed by atoms with Crippen LogP contribution in [0.25, 0.3) is 0 Å². The number of nitro benzene ring substituents is 2. The SMILES string of the molecule is O=C(CCCCCCCC(=O)Oc1ccc(N=Nc2ccc([N+](=O)[O-])cc2)cc1)Oc1ccc(N=Nc2ccc([N+](=O)[O-])cc2)cc1. The van der Waals surface area contributed by atoms with E-state index in [1.165, 1.54) is 48.5 Å². The van der Waals surface area contributed by atoms with E-state index in [0.717, 1.165) is 19.3 Å². The summed E-state index contributed by atoms with van der Waals surface area (Å²) < 4.78 is 10.7. The Hall–Kier alpha value is -6.18. The first-order chi connectivity index (χ1) is 22.7. The summed E-state index contributed by atoms with van der Waals surface area (Å²) in [6, 6.07) is 24.5. The quantitative estimate of drug-likeness (QED) is 0.0289. The summed E-state index contributed by atoms with van der Waals surface area (Å²) in [7, 11) is 0. The van der Waals surface area contributed by atoms with Crippen LogP contribution in [0.1, 0.15) is 44.9 Å². The summed E-state index contributed by atoms with van der Waals surface area (Å²) in [4.78, 5) is 44.8. The van der Waals surface area contributed by atoms with Gasteiger partial charge in [-0.15, -0.1) is 0 Å². The number of hydrogen-bond donors (Lipinski definition) is 0. The number of esters is 2. The average molecular weight is 639 g/mol. The summed E-state index contributed by atoms with van der Waals surface area (Å²) in [6.07, 6.45) is 4.38. The first kappa shape index (κ1) is 33.7. The van der Waals surface area contributed by atoms with E-state index in [1.807, 2.05) is 0 Å². The van der Waals surface area contributed by atoms with Gasteiger partial charge in [0.05, 0.1) is 32.6 Å². The van der Waals surface area contributed by atoms with Crippen LogP contribution in [0, 0.1) is 20.2 Å². The first-order valence-corrected chi connectivity index (χ1v) is 14.7. The molecule has 0 amide bonds. The Morgan fingerprint density at radius 1 is 0.468 bits per heavy atom. The number of hydrogen-bond acceptors (Lipinski definition) is 12. The monoisotopic (exact) mass is 638 g/mol. The normalized spacial score (nSPS) is 11.1. The van der Waals surface area contributed by atoms with Crippen LogP contribution < -0.4 is 9.47 Å². The average Bonchev–Trinajstić information content (AvgIpc) is 3.07. The van der Waals surface area contributed by atoms with Crippen LogP contribution in [-0.4, -0.2) is 21.8 Å². The summed E-state index contributed by atoms with van der Waals surface area (Å²) in [5, 5.41) is 37.7. The maximum Gasteiger partial charge on any atom is 0.311 e. The predicted molar refractivity (Wildman–Crippen MR) is 171 cm³/mol. The van der Waals surface area contributed by atoms with Gasteiger partial charge in [0.1, 0.15) is 11.5 Å². The third-order valence-corrected chi connectivity index (χ3v) is 6.58. The maximum absolute atomic E-state index is 12.2. The number of azo groups is 2. The van der Waals surface area contributed by atoms with Crippen molar-refractivity contribution in [3.8, 4) is 11.5 Å². The van der Waals surface area contributed by atoms with E-state index in [-0.39, 0.29) is 36.2 Å². The Balaban J connectivity index is 1.05. The van der Waals surface area contributed by atoms with Crippen molar-refractivity contribution in [3.63, 3.8) is 0 Å². The van der Waals surface area contributed by atoms with Crippen molar-refractivity contribution < 1.29 is 28.9 Å². The summed E-state index contributed by atoms with van der Waals surface area (Å²) in [6.45, 7) is 0. The summed E-state index contributed by atoms with van der Waals surface area (Å²) >= 11 is 0. The fourth-order valence-corrected chi connectivity index (χ4v) is 4.11. The number of nitrogens with zero attached hydrogens (tertiary/aromatic N) is 6. The number of unbranched alkanes of at least 4 members (excludes halogenated alkanes) is 4. The standard InChI is InChI=1S/C33H30N6O8/c40-32(46-30-20-12-26(13-21-30)36-34-24-8-16-28(17-9-24)38(42)43)6-4-2-1-3-5-7-33(41)47-31-22-14-27(15-23-31)37-35-25-10-18-29(19-11-25)39(44)45/h8-23H,1-7H2. The van der Waals surface area contributed by atoms with Crippen molar-refractivity contribution >= 4 is 46.1 Å². The van der Waals surface area contributed by atoms with E-state index >= 15 is 0 Å². The molecule has 0 aliphatic carbocycles. The van der Waals surface area contributed by atoms with Gasteiger partial charge in [-0.2, -0.15) is 20.5 Å². The van der Waals surface area contributed by atoms with Crippen molar-refractivity contribution in [3.05, 3.63) is 117 Å². The minimum absolute atomic E-state index is 0.0277. The molecule has 0 saturated heterocycles. The molecule has 14 heteroatoms. The molecular formula is C33H30N6O8. The lowest BCUT2D eigenvalue weighted by molar-refractivity contribution is -0.385. The molecule has 47 heavy (non-hydrogen) atoms.